The van der Waals surface area contributed by atoms with Crippen LogP contribution in [0.15, 0.2) is 48.5 Å². The molecule has 0 aliphatic heterocycles. The number of halogens is 12. The van der Waals surface area contributed by atoms with Crippen LogP contribution in [0.2, 0.25) is 0 Å². The summed E-state index contributed by atoms with van der Waals surface area (Å²) in [4.78, 5) is 0. The lowest BCUT2D eigenvalue weighted by Crippen LogP contribution is -2.56. The van der Waals surface area contributed by atoms with Gasteiger partial charge >= 0.3 is 24.7 Å². The summed E-state index contributed by atoms with van der Waals surface area (Å²) in [7, 11) is 0. The average molecular weight is 685 g/mol. The number of benzene rings is 2. The molecule has 0 radical (unpaired) electrons. The summed E-state index contributed by atoms with van der Waals surface area (Å²) in [5, 5.41) is 9.19. The predicted octanol–water partition coefficient (Wildman–Crippen LogP) is 11.6. The van der Waals surface area contributed by atoms with Crippen LogP contribution in [0, 0.1) is 0 Å². The van der Waals surface area contributed by atoms with Gasteiger partial charge in [0.25, 0.3) is 11.2 Å². The number of ether oxygens (including phenoxy) is 1. The molecule has 0 amide bonds. The lowest BCUT2D eigenvalue weighted by molar-refractivity contribution is -0.389. The Morgan fingerprint density at radius 1 is 0.543 bits per heavy atom. The lowest BCUT2D eigenvalue weighted by atomic mass is 9.89. The lowest BCUT2D eigenvalue weighted by Gasteiger charge is -2.37. The minimum absolute atomic E-state index is 0.00826. The third-order valence-electron chi connectivity index (χ3n) is 7.94. The molecule has 0 saturated carbocycles. The molecule has 0 bridgehead atoms. The number of unbranched alkanes of at least 4 members (excludes halogenated alkanes) is 3. The van der Waals surface area contributed by atoms with Gasteiger partial charge in [-0.15, -0.1) is 0 Å². The number of aliphatic hydroxyl groups is 1. The second-order valence-corrected chi connectivity index (χ2v) is 11.2. The largest absolute Gasteiger partial charge is 0.430 e. The Kier molecular flexibility index (Phi) is 14.5. The second-order valence-electron chi connectivity index (χ2n) is 11.2. The van der Waals surface area contributed by atoms with Gasteiger partial charge in [-0.05, 0) is 42.2 Å². The Balaban J connectivity index is 0.000000476. The van der Waals surface area contributed by atoms with Crippen LogP contribution in [0.3, 0.4) is 0 Å². The van der Waals surface area contributed by atoms with Crippen molar-refractivity contribution < 1.29 is 62.5 Å². The number of alkyl halides is 12. The topological polar surface area (TPSA) is 29.5 Å². The van der Waals surface area contributed by atoms with Crippen molar-refractivity contribution in [1.29, 1.82) is 0 Å². The summed E-state index contributed by atoms with van der Waals surface area (Å²) in [5.74, 6) is 0.0547. The van der Waals surface area contributed by atoms with Gasteiger partial charge in [-0.1, -0.05) is 102 Å². The van der Waals surface area contributed by atoms with Crippen molar-refractivity contribution in [2.24, 2.45) is 0 Å². The molecule has 0 aromatic heterocycles. The molecule has 0 aliphatic carbocycles. The van der Waals surface area contributed by atoms with Gasteiger partial charge < -0.3 is 9.84 Å². The van der Waals surface area contributed by atoms with Gasteiger partial charge in [0.1, 0.15) is 0 Å². The molecule has 2 atom stereocenters. The molecule has 0 aliphatic rings. The van der Waals surface area contributed by atoms with Crippen molar-refractivity contribution in [3.8, 4) is 0 Å². The summed E-state index contributed by atoms with van der Waals surface area (Å²) in [6.07, 6.45) is -19.3. The van der Waals surface area contributed by atoms with E-state index in [0.29, 0.717) is 36.1 Å². The normalized spacial score (nSPS) is 14.8. The molecule has 2 rings (SSSR count). The first kappa shape index (κ1) is 41.5. The molecule has 0 heterocycles. The summed E-state index contributed by atoms with van der Waals surface area (Å²) in [6, 6.07) is 8.08. The minimum atomic E-state index is -5.84. The van der Waals surface area contributed by atoms with E-state index in [1.165, 1.54) is 24.3 Å². The smallest absolute Gasteiger partial charge is 0.369 e. The van der Waals surface area contributed by atoms with Gasteiger partial charge in [-0.25, -0.2) is 0 Å². The van der Waals surface area contributed by atoms with Gasteiger partial charge in [0.2, 0.25) is 0 Å². The van der Waals surface area contributed by atoms with E-state index in [1.807, 2.05) is 27.7 Å². The molecule has 2 aromatic rings. The maximum atomic E-state index is 13.6. The Morgan fingerprint density at radius 3 is 1.22 bits per heavy atom. The predicted molar refractivity (Wildman–Crippen MR) is 150 cm³/mol. The molecule has 14 heteroatoms. The van der Waals surface area contributed by atoms with Crippen LogP contribution in [0.1, 0.15) is 107 Å². The zero-order valence-electron chi connectivity index (χ0n) is 26.1. The molecule has 0 spiro atoms. The van der Waals surface area contributed by atoms with Crippen molar-refractivity contribution in [2.45, 2.75) is 121 Å². The Hall–Kier alpha value is -2.48. The molecule has 2 nitrogen and oxygen atoms in total. The molecule has 264 valence electrons. The molecule has 2 aromatic carbocycles. The summed E-state index contributed by atoms with van der Waals surface area (Å²) < 4.78 is 162. The Morgan fingerprint density at radius 2 is 0.913 bits per heavy atom. The highest BCUT2D eigenvalue weighted by Gasteiger charge is 2.73. The van der Waals surface area contributed by atoms with Gasteiger partial charge in [0.15, 0.2) is 0 Å². The van der Waals surface area contributed by atoms with Crippen molar-refractivity contribution in [1.82, 2.24) is 0 Å². The first-order valence-electron chi connectivity index (χ1n) is 14.8. The van der Waals surface area contributed by atoms with Crippen LogP contribution in [-0.4, -0.2) is 36.4 Å². The summed E-state index contributed by atoms with van der Waals surface area (Å²) >= 11 is 0. The van der Waals surface area contributed by atoms with E-state index in [2.05, 4.69) is 4.74 Å². The Bertz CT molecular complexity index is 1140. The highest BCUT2D eigenvalue weighted by molar-refractivity contribution is 5.33. The standard InChI is InChI=1S/C19H26F6O.C13H14F6O/c1-4-6-7-8-13-26-17(18(20,21)22,19(23,24)25)16-11-9-15(10-12-16)14(3)5-2;1-3-8(2)9-4-6-10(7-5-9)11(20,12(14,15)16)13(17,18)19/h9-12,14H,4-8,13H2,1-3H3;4-8,20H,3H2,1-2H3. The molecular weight excluding hydrogens is 644 g/mol. The third-order valence-corrected chi connectivity index (χ3v) is 7.94. The maximum absolute atomic E-state index is 13.6. The maximum Gasteiger partial charge on any atom is 0.430 e. The molecule has 0 fully saturated rings. The molecule has 46 heavy (non-hydrogen) atoms. The second kappa shape index (κ2) is 16.1. The van der Waals surface area contributed by atoms with Crippen LogP contribution in [-0.2, 0) is 15.9 Å². The fourth-order valence-electron chi connectivity index (χ4n) is 4.55. The van der Waals surface area contributed by atoms with Crippen molar-refractivity contribution in [3.05, 3.63) is 70.8 Å². The molecule has 0 saturated heterocycles. The highest BCUT2D eigenvalue weighted by atomic mass is 19.4. The van der Waals surface area contributed by atoms with Crippen molar-refractivity contribution >= 4 is 0 Å². The van der Waals surface area contributed by atoms with Crippen LogP contribution in [0.5, 0.6) is 0 Å². The van der Waals surface area contributed by atoms with E-state index in [1.54, 1.807) is 6.92 Å². The van der Waals surface area contributed by atoms with Crippen LogP contribution in [0.25, 0.3) is 0 Å². The van der Waals surface area contributed by atoms with Crippen molar-refractivity contribution in [2.75, 3.05) is 6.61 Å². The fraction of sp³-hybridized carbons (Fsp3) is 0.625. The van der Waals surface area contributed by atoms with Crippen LogP contribution >= 0.6 is 0 Å². The third kappa shape index (κ3) is 9.32. The van der Waals surface area contributed by atoms with E-state index < -0.39 is 53.6 Å². The van der Waals surface area contributed by atoms with E-state index in [0.717, 1.165) is 31.4 Å². The van der Waals surface area contributed by atoms with Gasteiger partial charge in [-0.3, -0.25) is 0 Å². The van der Waals surface area contributed by atoms with Crippen LogP contribution in [0.4, 0.5) is 52.7 Å². The van der Waals surface area contributed by atoms with Crippen LogP contribution < -0.4 is 0 Å². The van der Waals surface area contributed by atoms with Gasteiger partial charge in [0, 0.05) is 17.7 Å². The number of hydrogen-bond acceptors (Lipinski definition) is 2. The van der Waals surface area contributed by atoms with E-state index in [-0.39, 0.29) is 18.3 Å². The minimum Gasteiger partial charge on any atom is -0.369 e. The molecule has 1 N–H and O–H groups in total. The van der Waals surface area contributed by atoms with Gasteiger partial charge in [0.05, 0.1) is 0 Å². The molecule has 2 unspecified atom stereocenters. The quantitative estimate of drug-likeness (QED) is 0.178. The van der Waals surface area contributed by atoms with E-state index in [4.69, 9.17) is 0 Å². The van der Waals surface area contributed by atoms with Gasteiger partial charge in [-0.2, -0.15) is 52.7 Å². The first-order valence-corrected chi connectivity index (χ1v) is 14.8. The average Bonchev–Trinajstić information content (AvgIpc) is 2.95. The fourth-order valence-corrected chi connectivity index (χ4v) is 4.55. The number of rotatable bonds is 12. The Labute approximate surface area is 261 Å². The summed E-state index contributed by atoms with van der Waals surface area (Å²) in [6.45, 7) is 8.70. The zero-order valence-corrected chi connectivity index (χ0v) is 26.1. The van der Waals surface area contributed by atoms with E-state index >= 15 is 0 Å². The molecular formula is C32H40F12O2. The summed E-state index contributed by atoms with van der Waals surface area (Å²) in [5.41, 5.74) is -10.0. The SMILES string of the molecule is CCC(C)c1ccc(C(O)(C(F)(F)F)C(F)(F)F)cc1.CCCCCCOC(c1ccc(C(C)CC)cc1)(C(F)(F)F)C(F)(F)F. The first-order chi connectivity index (χ1) is 21.0. The zero-order chi connectivity index (χ0) is 35.8. The van der Waals surface area contributed by atoms with E-state index in [9.17, 15) is 57.8 Å². The monoisotopic (exact) mass is 684 g/mol. The van der Waals surface area contributed by atoms with Crippen molar-refractivity contribution in [3.63, 3.8) is 0 Å². The highest BCUT2D eigenvalue weighted by Crippen LogP contribution is 2.53. The number of hydrogen-bond donors (Lipinski definition) is 1.